The van der Waals surface area contributed by atoms with Crippen LogP contribution >= 0.6 is 0 Å². The molecule has 9 nitrogen and oxygen atoms in total. The van der Waals surface area contributed by atoms with E-state index in [1.165, 1.54) is 0 Å². The summed E-state index contributed by atoms with van der Waals surface area (Å²) in [5.74, 6) is -2.30. The molecule has 2 N–H and O–H groups in total. The zero-order valence-electron chi connectivity index (χ0n) is 15.5. The van der Waals surface area contributed by atoms with Crippen molar-refractivity contribution >= 4 is 27.9 Å². The van der Waals surface area contributed by atoms with Crippen LogP contribution in [0.3, 0.4) is 0 Å². The molecule has 2 rings (SSSR count). The maximum atomic E-state index is 13.0. The maximum absolute atomic E-state index is 13.0. The van der Waals surface area contributed by atoms with Crippen LogP contribution in [0.4, 0.5) is 9.18 Å². The van der Waals surface area contributed by atoms with Gasteiger partial charge >= 0.3 is 12.0 Å². The highest BCUT2D eigenvalue weighted by molar-refractivity contribution is 7.89. The van der Waals surface area contributed by atoms with Crippen molar-refractivity contribution in [1.82, 2.24) is 14.9 Å². The van der Waals surface area contributed by atoms with Gasteiger partial charge in [-0.2, -0.15) is 4.31 Å². The van der Waals surface area contributed by atoms with E-state index in [1.54, 1.807) is 13.8 Å². The highest BCUT2D eigenvalue weighted by Gasteiger charge is 2.40. The van der Waals surface area contributed by atoms with Gasteiger partial charge in [-0.15, -0.1) is 0 Å². The van der Waals surface area contributed by atoms with Crippen LogP contribution in [-0.2, 0) is 24.3 Å². The van der Waals surface area contributed by atoms with Gasteiger partial charge in [0.05, 0.1) is 4.90 Å². The highest BCUT2D eigenvalue weighted by Crippen LogP contribution is 2.27. The number of rotatable bonds is 6. The van der Waals surface area contributed by atoms with Gasteiger partial charge in [-0.3, -0.25) is 14.9 Å². The minimum atomic E-state index is -4.02. The van der Waals surface area contributed by atoms with Crippen molar-refractivity contribution in [3.05, 3.63) is 30.1 Å². The summed E-state index contributed by atoms with van der Waals surface area (Å²) in [5.41, 5.74) is 0. The summed E-state index contributed by atoms with van der Waals surface area (Å²) in [4.78, 5) is 35.2. The number of urea groups is 1. The average Bonchev–Trinajstić information content (AvgIpc) is 3.10. The smallest absolute Gasteiger partial charge is 0.324 e. The van der Waals surface area contributed by atoms with Crippen molar-refractivity contribution < 1.29 is 31.9 Å². The second kappa shape index (κ2) is 9.11. The summed E-state index contributed by atoms with van der Waals surface area (Å²) in [6.07, 6.45) is 0.665. The van der Waals surface area contributed by atoms with Crippen LogP contribution in [0, 0.1) is 5.82 Å². The number of nitrogens with one attached hydrogen (secondary N) is 2. The second-order valence-corrected chi connectivity index (χ2v) is 8.40. The molecule has 0 saturated carbocycles. The maximum Gasteiger partial charge on any atom is 0.324 e. The molecule has 1 fully saturated rings. The van der Waals surface area contributed by atoms with Gasteiger partial charge in [-0.25, -0.2) is 17.6 Å². The summed E-state index contributed by atoms with van der Waals surface area (Å²) in [6.45, 7) is 2.80. The summed E-state index contributed by atoms with van der Waals surface area (Å²) in [7, 11) is -4.02. The number of amides is 3. The fourth-order valence-electron chi connectivity index (χ4n) is 2.70. The number of nitrogens with zero attached hydrogens (tertiary/aromatic N) is 1. The number of benzene rings is 1. The normalized spacial score (nSPS) is 17.4. The summed E-state index contributed by atoms with van der Waals surface area (Å²) in [5, 5.41) is 4.44. The number of esters is 1. The molecular weight excluding hydrogens is 393 g/mol. The molecule has 0 aliphatic carbocycles. The Morgan fingerprint density at radius 1 is 1.25 bits per heavy atom. The van der Waals surface area contributed by atoms with Crippen LogP contribution in [0.25, 0.3) is 0 Å². The van der Waals surface area contributed by atoms with Crippen molar-refractivity contribution in [2.45, 2.75) is 43.7 Å². The molecular formula is C17H22FN3O6S. The lowest BCUT2D eigenvalue weighted by Crippen LogP contribution is -2.45. The second-order valence-electron chi connectivity index (χ2n) is 6.51. The van der Waals surface area contributed by atoms with E-state index in [9.17, 15) is 27.2 Å². The van der Waals surface area contributed by atoms with E-state index >= 15 is 0 Å². The molecule has 1 aliphatic heterocycles. The van der Waals surface area contributed by atoms with Gasteiger partial charge in [0.25, 0.3) is 5.91 Å². The molecule has 154 valence electrons. The lowest BCUT2D eigenvalue weighted by Gasteiger charge is -2.22. The van der Waals surface area contributed by atoms with Gasteiger partial charge < -0.3 is 10.1 Å². The number of carbonyl (C=O) groups is 3. The molecule has 0 bridgehead atoms. The van der Waals surface area contributed by atoms with Crippen LogP contribution < -0.4 is 10.6 Å². The molecule has 0 aromatic heterocycles. The first kappa shape index (κ1) is 21.8. The van der Waals surface area contributed by atoms with Crippen LogP contribution in [0.2, 0.25) is 0 Å². The molecule has 1 aliphatic rings. The number of sulfonamides is 1. The predicted molar refractivity (Wildman–Crippen MR) is 96.1 cm³/mol. The van der Waals surface area contributed by atoms with E-state index in [0.717, 1.165) is 28.6 Å². The lowest BCUT2D eigenvalue weighted by atomic mass is 10.2. The van der Waals surface area contributed by atoms with E-state index in [0.29, 0.717) is 6.42 Å². The number of halogens is 1. The molecule has 28 heavy (non-hydrogen) atoms. The van der Waals surface area contributed by atoms with Gasteiger partial charge in [0.2, 0.25) is 10.0 Å². The fourth-order valence-corrected chi connectivity index (χ4v) is 4.35. The minimum Gasteiger partial charge on any atom is -0.454 e. The van der Waals surface area contributed by atoms with E-state index in [2.05, 4.69) is 5.32 Å². The van der Waals surface area contributed by atoms with E-state index in [-0.39, 0.29) is 23.9 Å². The number of carbonyl (C=O) groups excluding carboxylic acids is 3. The Labute approximate surface area is 162 Å². The first-order valence-corrected chi connectivity index (χ1v) is 10.1. The summed E-state index contributed by atoms with van der Waals surface area (Å²) < 4.78 is 44.3. The third kappa shape index (κ3) is 5.49. The SMILES string of the molecule is CC(C)NC(=O)NC(=O)COC(=O)[C@@H]1CCCN1S(=O)(=O)c1ccc(F)cc1. The van der Waals surface area contributed by atoms with Gasteiger partial charge in [-0.1, -0.05) is 0 Å². The van der Waals surface area contributed by atoms with Gasteiger partial charge in [0, 0.05) is 12.6 Å². The number of hydrogen-bond donors (Lipinski definition) is 2. The lowest BCUT2D eigenvalue weighted by molar-refractivity contribution is -0.151. The Morgan fingerprint density at radius 3 is 2.50 bits per heavy atom. The largest absolute Gasteiger partial charge is 0.454 e. The van der Waals surface area contributed by atoms with Crippen molar-refractivity contribution in [2.75, 3.05) is 13.2 Å². The zero-order chi connectivity index (χ0) is 20.9. The Bertz CT molecular complexity index is 841. The van der Waals surface area contributed by atoms with Gasteiger partial charge in [0.15, 0.2) is 6.61 Å². The standard InChI is InChI=1S/C17H22FN3O6S/c1-11(2)19-17(24)20-15(22)10-27-16(23)14-4-3-9-21(14)28(25,26)13-7-5-12(18)6-8-13/h5-8,11,14H,3-4,9-10H2,1-2H3,(H2,19,20,22,24)/t14-/m0/s1. The molecule has 1 aromatic carbocycles. The number of imide groups is 1. The van der Waals surface area contributed by atoms with Crippen molar-refractivity contribution in [2.24, 2.45) is 0 Å². The Hall–Kier alpha value is -2.53. The number of ether oxygens (including phenoxy) is 1. The molecule has 1 aromatic rings. The Balaban J connectivity index is 1.98. The van der Waals surface area contributed by atoms with Crippen LogP contribution in [0.5, 0.6) is 0 Å². The van der Waals surface area contributed by atoms with Crippen LogP contribution in [-0.4, -0.2) is 55.9 Å². The van der Waals surface area contributed by atoms with E-state index in [4.69, 9.17) is 4.74 Å². The van der Waals surface area contributed by atoms with Crippen molar-refractivity contribution in [3.8, 4) is 0 Å². The van der Waals surface area contributed by atoms with Crippen molar-refractivity contribution in [3.63, 3.8) is 0 Å². The summed E-state index contributed by atoms with van der Waals surface area (Å²) >= 11 is 0. The number of hydrogen-bond acceptors (Lipinski definition) is 6. The molecule has 1 atom stereocenters. The van der Waals surface area contributed by atoms with Gasteiger partial charge in [-0.05, 0) is 51.0 Å². The van der Waals surface area contributed by atoms with E-state index < -0.39 is 46.4 Å². The molecule has 0 spiro atoms. The van der Waals surface area contributed by atoms with Crippen molar-refractivity contribution in [1.29, 1.82) is 0 Å². The monoisotopic (exact) mass is 415 g/mol. The first-order chi connectivity index (χ1) is 13.1. The quantitative estimate of drug-likeness (QED) is 0.662. The molecule has 3 amide bonds. The molecule has 11 heteroatoms. The van der Waals surface area contributed by atoms with Gasteiger partial charge in [0.1, 0.15) is 11.9 Å². The molecule has 0 radical (unpaired) electrons. The van der Waals surface area contributed by atoms with E-state index in [1.807, 2.05) is 5.32 Å². The first-order valence-electron chi connectivity index (χ1n) is 8.65. The average molecular weight is 415 g/mol. The van der Waals surface area contributed by atoms with Crippen LogP contribution in [0.1, 0.15) is 26.7 Å². The third-order valence-electron chi connectivity index (χ3n) is 3.91. The predicted octanol–water partition coefficient (Wildman–Crippen LogP) is 0.756. The minimum absolute atomic E-state index is 0.0997. The van der Waals surface area contributed by atoms with Crippen LogP contribution in [0.15, 0.2) is 29.2 Å². The highest BCUT2D eigenvalue weighted by atomic mass is 32.2. The Kier molecular flexibility index (Phi) is 7.08. The molecule has 0 unspecified atom stereocenters. The molecule has 1 saturated heterocycles. The fraction of sp³-hybridized carbons (Fsp3) is 0.471. The topological polar surface area (TPSA) is 122 Å². The molecule has 1 heterocycles. The Morgan fingerprint density at radius 2 is 1.89 bits per heavy atom. The summed E-state index contributed by atoms with van der Waals surface area (Å²) in [6, 6.07) is 2.27. The zero-order valence-corrected chi connectivity index (χ0v) is 16.3. The third-order valence-corrected chi connectivity index (χ3v) is 5.84.